The number of hydrogen-bond donors (Lipinski definition) is 1. The number of nitrogens with one attached hydrogen (secondary N) is 1. The summed E-state index contributed by atoms with van der Waals surface area (Å²) in [6.07, 6.45) is 8.27. The highest BCUT2D eigenvalue weighted by molar-refractivity contribution is 5.78. The minimum absolute atomic E-state index is 0.140. The Morgan fingerprint density at radius 3 is 2.67 bits per heavy atom. The lowest BCUT2D eigenvalue weighted by Crippen LogP contribution is -2.38. The zero-order chi connectivity index (χ0) is 26.9. The van der Waals surface area contributed by atoms with Crippen molar-refractivity contribution in [1.29, 1.82) is 0 Å². The van der Waals surface area contributed by atoms with Crippen LogP contribution in [0.25, 0.3) is 11.1 Å². The summed E-state index contributed by atoms with van der Waals surface area (Å²) in [7, 11) is 0. The van der Waals surface area contributed by atoms with Gasteiger partial charge in [0.2, 0.25) is 5.91 Å². The third-order valence-corrected chi connectivity index (χ3v) is 7.70. The average molecular weight is 532 g/mol. The lowest BCUT2D eigenvalue weighted by atomic mass is 9.81. The van der Waals surface area contributed by atoms with Gasteiger partial charge in [0.1, 0.15) is 18.2 Å². The molecule has 0 spiro atoms. The molecule has 2 aliphatic rings. The van der Waals surface area contributed by atoms with Crippen LogP contribution in [0.15, 0.2) is 60.8 Å². The maximum absolute atomic E-state index is 13.4. The number of amides is 1. The van der Waals surface area contributed by atoms with Crippen LogP contribution >= 0.6 is 0 Å². The first-order valence-electron chi connectivity index (χ1n) is 14.2. The molecule has 6 nitrogen and oxygen atoms in total. The summed E-state index contributed by atoms with van der Waals surface area (Å²) in [4.78, 5) is 19.3. The van der Waals surface area contributed by atoms with Crippen molar-refractivity contribution in [2.45, 2.75) is 51.0 Å². The average Bonchev–Trinajstić information content (AvgIpc) is 2.97. The third-order valence-electron chi connectivity index (χ3n) is 7.70. The maximum atomic E-state index is 13.4. The molecule has 1 aliphatic carbocycles. The Hall–Kier alpha value is -3.29. The number of halogens is 1. The van der Waals surface area contributed by atoms with Crippen LogP contribution in [-0.2, 0) is 22.5 Å². The first-order chi connectivity index (χ1) is 19.1. The molecule has 1 saturated heterocycles. The summed E-state index contributed by atoms with van der Waals surface area (Å²) in [5.74, 6) is 0.963. The monoisotopic (exact) mass is 531 g/mol. The largest absolute Gasteiger partial charge is 0.492 e. The molecule has 206 valence electrons. The fourth-order valence-corrected chi connectivity index (χ4v) is 5.53. The SMILES string of the molecule is O=C(Cc1cccc(F)c1)NCc1ccc(-c2ccc(OCCN3CCOCC3)cc2C2CCCCC2)cn1. The highest BCUT2D eigenvalue weighted by atomic mass is 19.1. The van der Waals surface area contributed by atoms with Crippen molar-refractivity contribution in [1.82, 2.24) is 15.2 Å². The molecule has 1 amide bonds. The van der Waals surface area contributed by atoms with E-state index in [0.29, 0.717) is 24.6 Å². The summed E-state index contributed by atoms with van der Waals surface area (Å²) >= 11 is 0. The van der Waals surface area contributed by atoms with Crippen molar-refractivity contribution in [3.63, 3.8) is 0 Å². The van der Waals surface area contributed by atoms with Crippen LogP contribution in [0, 0.1) is 5.82 Å². The van der Waals surface area contributed by atoms with Crippen LogP contribution in [0.2, 0.25) is 0 Å². The second-order valence-corrected chi connectivity index (χ2v) is 10.5. The molecular formula is C32H38FN3O3. The second-order valence-electron chi connectivity index (χ2n) is 10.5. The Morgan fingerprint density at radius 2 is 1.90 bits per heavy atom. The minimum Gasteiger partial charge on any atom is -0.492 e. The quantitative estimate of drug-likeness (QED) is 0.374. The number of hydrogen-bond acceptors (Lipinski definition) is 5. The van der Waals surface area contributed by atoms with Crippen LogP contribution in [0.3, 0.4) is 0 Å². The molecule has 1 N–H and O–H groups in total. The first-order valence-corrected chi connectivity index (χ1v) is 14.2. The number of carbonyl (C=O) groups excluding carboxylic acids is 1. The Morgan fingerprint density at radius 1 is 1.05 bits per heavy atom. The molecule has 2 heterocycles. The topological polar surface area (TPSA) is 63.7 Å². The van der Waals surface area contributed by atoms with E-state index < -0.39 is 0 Å². The van der Waals surface area contributed by atoms with E-state index in [4.69, 9.17) is 9.47 Å². The number of aromatic nitrogens is 1. The Balaban J connectivity index is 1.23. The molecule has 3 aromatic rings. The Labute approximate surface area is 230 Å². The molecule has 5 rings (SSSR count). The molecular weight excluding hydrogens is 493 g/mol. The minimum atomic E-state index is -0.335. The molecule has 2 aromatic carbocycles. The van der Waals surface area contributed by atoms with Gasteiger partial charge in [-0.2, -0.15) is 0 Å². The fourth-order valence-electron chi connectivity index (χ4n) is 5.53. The number of morpholine rings is 1. The normalized spacial score (nSPS) is 16.6. The highest BCUT2D eigenvalue weighted by Crippen LogP contribution is 2.39. The van der Waals surface area contributed by atoms with Gasteiger partial charge in [-0.1, -0.05) is 43.5 Å². The van der Waals surface area contributed by atoms with Gasteiger partial charge in [-0.15, -0.1) is 0 Å². The number of ether oxygens (including phenoxy) is 2. The predicted molar refractivity (Wildman–Crippen MR) is 150 cm³/mol. The van der Waals surface area contributed by atoms with Gasteiger partial charge < -0.3 is 14.8 Å². The van der Waals surface area contributed by atoms with Crippen molar-refractivity contribution < 1.29 is 18.7 Å². The maximum Gasteiger partial charge on any atom is 0.224 e. The number of carbonyl (C=O) groups is 1. The number of pyridine rings is 1. The first kappa shape index (κ1) is 27.3. The van der Waals surface area contributed by atoms with Crippen molar-refractivity contribution in [2.24, 2.45) is 0 Å². The van der Waals surface area contributed by atoms with Gasteiger partial charge in [-0.05, 0) is 65.8 Å². The van der Waals surface area contributed by atoms with E-state index in [9.17, 15) is 9.18 Å². The van der Waals surface area contributed by atoms with Gasteiger partial charge in [0, 0.05) is 31.4 Å². The van der Waals surface area contributed by atoms with Crippen LogP contribution in [0.1, 0.15) is 54.8 Å². The van der Waals surface area contributed by atoms with E-state index in [1.807, 2.05) is 12.3 Å². The van der Waals surface area contributed by atoms with E-state index in [2.05, 4.69) is 39.5 Å². The molecule has 1 aliphatic heterocycles. The number of benzene rings is 2. The lowest BCUT2D eigenvalue weighted by molar-refractivity contribution is -0.120. The summed E-state index contributed by atoms with van der Waals surface area (Å²) in [6, 6.07) is 16.7. The Bertz CT molecular complexity index is 1220. The van der Waals surface area contributed by atoms with Gasteiger partial charge in [-0.3, -0.25) is 14.7 Å². The second kappa shape index (κ2) is 13.7. The fraction of sp³-hybridized carbons (Fsp3) is 0.438. The van der Waals surface area contributed by atoms with Crippen LogP contribution < -0.4 is 10.1 Å². The van der Waals surface area contributed by atoms with Crippen molar-refractivity contribution in [2.75, 3.05) is 39.5 Å². The zero-order valence-corrected chi connectivity index (χ0v) is 22.5. The third kappa shape index (κ3) is 7.87. The molecule has 0 bridgehead atoms. The molecule has 1 aromatic heterocycles. The summed E-state index contributed by atoms with van der Waals surface area (Å²) < 4.78 is 25.0. The van der Waals surface area contributed by atoms with Crippen LogP contribution in [-0.4, -0.2) is 55.2 Å². The molecule has 0 radical (unpaired) electrons. The smallest absolute Gasteiger partial charge is 0.224 e. The molecule has 2 fully saturated rings. The highest BCUT2D eigenvalue weighted by Gasteiger charge is 2.20. The van der Waals surface area contributed by atoms with E-state index in [1.165, 1.54) is 55.4 Å². The van der Waals surface area contributed by atoms with Crippen molar-refractivity contribution in [3.05, 3.63) is 83.4 Å². The van der Waals surface area contributed by atoms with E-state index in [0.717, 1.165) is 49.9 Å². The lowest BCUT2D eigenvalue weighted by Gasteiger charge is -2.27. The van der Waals surface area contributed by atoms with Gasteiger partial charge >= 0.3 is 0 Å². The van der Waals surface area contributed by atoms with E-state index in [-0.39, 0.29) is 18.1 Å². The molecule has 1 saturated carbocycles. The van der Waals surface area contributed by atoms with Crippen molar-refractivity contribution >= 4 is 5.91 Å². The molecule has 0 unspecified atom stereocenters. The standard InChI is InChI=1S/C32H38FN3O3/c33-27-8-4-5-24(19-27)20-32(37)35-23-28-10-9-26(22-34-28)30-12-11-29(21-31(30)25-6-2-1-3-7-25)39-18-15-36-13-16-38-17-14-36/h4-5,8-12,19,21-22,25H,1-3,6-7,13-18,20,23H2,(H,35,37). The zero-order valence-electron chi connectivity index (χ0n) is 22.5. The van der Waals surface area contributed by atoms with Crippen LogP contribution in [0.5, 0.6) is 5.75 Å². The molecule has 0 atom stereocenters. The van der Waals surface area contributed by atoms with Crippen molar-refractivity contribution in [3.8, 4) is 16.9 Å². The summed E-state index contributed by atoms with van der Waals surface area (Å²) in [5, 5.41) is 2.89. The van der Waals surface area contributed by atoms with Gasteiger partial charge in [0.05, 0.1) is 31.9 Å². The van der Waals surface area contributed by atoms with Gasteiger partial charge in [0.25, 0.3) is 0 Å². The van der Waals surface area contributed by atoms with Gasteiger partial charge in [-0.25, -0.2) is 4.39 Å². The molecule has 39 heavy (non-hydrogen) atoms. The van der Waals surface area contributed by atoms with E-state index in [1.54, 1.807) is 12.1 Å². The predicted octanol–water partition coefficient (Wildman–Crippen LogP) is 5.51. The molecule has 7 heteroatoms. The number of nitrogens with zero attached hydrogens (tertiary/aromatic N) is 2. The van der Waals surface area contributed by atoms with Gasteiger partial charge in [0.15, 0.2) is 0 Å². The summed E-state index contributed by atoms with van der Waals surface area (Å²) in [5.41, 5.74) is 5.06. The Kier molecular flexibility index (Phi) is 9.57. The van der Waals surface area contributed by atoms with Crippen LogP contribution in [0.4, 0.5) is 4.39 Å². The summed E-state index contributed by atoms with van der Waals surface area (Å²) in [6.45, 7) is 5.45. The number of rotatable bonds is 10. The van der Waals surface area contributed by atoms with E-state index >= 15 is 0 Å².